The van der Waals surface area contributed by atoms with Gasteiger partial charge in [0.1, 0.15) is 6.04 Å². The van der Waals surface area contributed by atoms with E-state index < -0.39 is 18.0 Å². The zero-order valence-corrected chi connectivity index (χ0v) is 10.5. The lowest BCUT2D eigenvalue weighted by molar-refractivity contribution is -0.129. The van der Waals surface area contributed by atoms with E-state index in [2.05, 4.69) is 5.32 Å². The summed E-state index contributed by atoms with van der Waals surface area (Å²) in [5.74, 6) is -0.536. The molecule has 0 aromatic heterocycles. The second-order valence-corrected chi connectivity index (χ2v) is 4.87. The molecule has 0 bridgehead atoms. The van der Waals surface area contributed by atoms with Crippen LogP contribution in [0.3, 0.4) is 0 Å². The van der Waals surface area contributed by atoms with Gasteiger partial charge < -0.3 is 16.8 Å². The Balaban J connectivity index is 4.35. The Morgan fingerprint density at radius 3 is 2.00 bits per heavy atom. The fraction of sp³-hybridized carbons (Fsp3) is 0.818. The molecule has 0 radical (unpaired) electrons. The largest absolute Gasteiger partial charge is 0.368 e. The molecule has 5 N–H and O–H groups in total. The molecule has 0 spiro atoms. The third kappa shape index (κ3) is 5.11. The number of carbonyl (C=O) groups excluding carboxylic acids is 2. The summed E-state index contributed by atoms with van der Waals surface area (Å²) in [6.07, 6.45) is 0.593. The highest BCUT2D eigenvalue weighted by molar-refractivity contribution is 5.89. The Bertz CT molecular complexity index is 252. The molecule has 0 rings (SSSR count). The second-order valence-electron chi connectivity index (χ2n) is 4.87. The number of rotatable bonds is 6. The average Bonchev–Trinajstić information content (AvgIpc) is 2.11. The minimum atomic E-state index is -0.647. The van der Waals surface area contributed by atoms with Crippen LogP contribution in [0.4, 0.5) is 0 Å². The third-order valence-electron chi connectivity index (χ3n) is 2.33. The number of carbonyl (C=O) groups is 2. The van der Waals surface area contributed by atoms with E-state index in [0.29, 0.717) is 12.3 Å². The molecule has 0 saturated carbocycles. The summed E-state index contributed by atoms with van der Waals surface area (Å²) < 4.78 is 0. The molecular weight excluding hydrogens is 206 g/mol. The van der Waals surface area contributed by atoms with Crippen molar-refractivity contribution in [2.24, 2.45) is 23.3 Å². The van der Waals surface area contributed by atoms with Crippen molar-refractivity contribution in [1.29, 1.82) is 0 Å². The molecule has 94 valence electrons. The van der Waals surface area contributed by atoms with E-state index >= 15 is 0 Å². The molecule has 5 nitrogen and oxygen atoms in total. The third-order valence-corrected chi connectivity index (χ3v) is 2.33. The van der Waals surface area contributed by atoms with Gasteiger partial charge in [0, 0.05) is 0 Å². The van der Waals surface area contributed by atoms with Crippen LogP contribution in [0.1, 0.15) is 34.1 Å². The first kappa shape index (κ1) is 14.9. The lowest BCUT2D eigenvalue weighted by atomic mass is 10.0. The Morgan fingerprint density at radius 2 is 1.69 bits per heavy atom. The first-order chi connectivity index (χ1) is 7.25. The van der Waals surface area contributed by atoms with Gasteiger partial charge >= 0.3 is 0 Å². The van der Waals surface area contributed by atoms with Crippen LogP contribution in [-0.2, 0) is 9.59 Å². The molecule has 5 heteroatoms. The van der Waals surface area contributed by atoms with Crippen molar-refractivity contribution in [3.63, 3.8) is 0 Å². The van der Waals surface area contributed by atoms with E-state index in [1.54, 1.807) is 0 Å². The fourth-order valence-electron chi connectivity index (χ4n) is 1.44. The maximum atomic E-state index is 11.7. The molecule has 2 atom stereocenters. The predicted octanol–water partition coefficient (Wildman–Crippen LogP) is -0.0141. The number of hydrogen-bond donors (Lipinski definition) is 3. The second kappa shape index (κ2) is 6.48. The van der Waals surface area contributed by atoms with Crippen molar-refractivity contribution >= 4 is 11.8 Å². The van der Waals surface area contributed by atoms with Crippen molar-refractivity contribution in [3.05, 3.63) is 0 Å². The van der Waals surface area contributed by atoms with Crippen molar-refractivity contribution in [2.45, 2.75) is 46.2 Å². The molecule has 0 heterocycles. The van der Waals surface area contributed by atoms with Crippen LogP contribution in [0.15, 0.2) is 0 Å². The quantitative estimate of drug-likeness (QED) is 0.597. The van der Waals surface area contributed by atoms with Gasteiger partial charge in [-0.25, -0.2) is 0 Å². The number of primary amides is 1. The van der Waals surface area contributed by atoms with Crippen molar-refractivity contribution in [3.8, 4) is 0 Å². The summed E-state index contributed by atoms with van der Waals surface area (Å²) in [6, 6.07) is -1.23. The van der Waals surface area contributed by atoms with Gasteiger partial charge in [0.25, 0.3) is 0 Å². The molecule has 0 aliphatic rings. The minimum absolute atomic E-state index is 0.0345. The lowest BCUT2D eigenvalue weighted by Gasteiger charge is -2.21. The van der Waals surface area contributed by atoms with E-state index in [4.69, 9.17) is 11.5 Å². The van der Waals surface area contributed by atoms with Crippen LogP contribution in [0.5, 0.6) is 0 Å². The summed E-state index contributed by atoms with van der Waals surface area (Å²) in [5, 5.41) is 2.58. The predicted molar refractivity (Wildman–Crippen MR) is 63.4 cm³/mol. The Kier molecular flexibility index (Phi) is 6.03. The summed E-state index contributed by atoms with van der Waals surface area (Å²) in [6.45, 7) is 7.62. The van der Waals surface area contributed by atoms with Gasteiger partial charge in [0.05, 0.1) is 6.04 Å². The van der Waals surface area contributed by atoms with Crippen LogP contribution in [0.2, 0.25) is 0 Å². The normalized spacial score (nSPS) is 14.9. The summed E-state index contributed by atoms with van der Waals surface area (Å²) >= 11 is 0. The zero-order valence-electron chi connectivity index (χ0n) is 10.5. The first-order valence-corrected chi connectivity index (χ1v) is 5.61. The average molecular weight is 229 g/mol. The molecule has 16 heavy (non-hydrogen) atoms. The molecule has 0 aliphatic heterocycles. The number of hydrogen-bond acceptors (Lipinski definition) is 3. The van der Waals surface area contributed by atoms with Crippen LogP contribution in [-0.4, -0.2) is 23.9 Å². The molecule has 0 aliphatic carbocycles. The molecule has 0 aromatic rings. The molecule has 0 saturated heterocycles. The Morgan fingerprint density at radius 1 is 1.19 bits per heavy atom. The van der Waals surface area contributed by atoms with E-state index in [9.17, 15) is 9.59 Å². The Labute approximate surface area is 96.9 Å². The first-order valence-electron chi connectivity index (χ1n) is 5.61. The summed E-state index contributed by atoms with van der Waals surface area (Å²) in [7, 11) is 0. The van der Waals surface area contributed by atoms with Gasteiger partial charge in [-0.15, -0.1) is 0 Å². The number of nitrogens with two attached hydrogens (primary N) is 2. The highest BCUT2D eigenvalue weighted by Crippen LogP contribution is 2.05. The maximum Gasteiger partial charge on any atom is 0.240 e. The van der Waals surface area contributed by atoms with Crippen LogP contribution in [0.25, 0.3) is 0 Å². The van der Waals surface area contributed by atoms with E-state index in [0.717, 1.165) is 0 Å². The summed E-state index contributed by atoms with van der Waals surface area (Å²) in [4.78, 5) is 22.7. The fourth-order valence-corrected chi connectivity index (χ4v) is 1.44. The van der Waals surface area contributed by atoms with E-state index in [1.807, 2.05) is 27.7 Å². The lowest BCUT2D eigenvalue weighted by Crippen LogP contribution is -2.52. The number of amides is 2. The molecule has 2 amide bonds. The van der Waals surface area contributed by atoms with E-state index in [-0.39, 0.29) is 11.8 Å². The molecule has 0 unspecified atom stereocenters. The number of nitrogens with one attached hydrogen (secondary N) is 1. The topological polar surface area (TPSA) is 98.2 Å². The maximum absolute atomic E-state index is 11.7. The SMILES string of the molecule is CC(C)C[C@H](N)C(=O)N[C@H](C(N)=O)C(C)C. The molecular formula is C11H23N3O2. The smallest absolute Gasteiger partial charge is 0.240 e. The van der Waals surface area contributed by atoms with Crippen LogP contribution < -0.4 is 16.8 Å². The van der Waals surface area contributed by atoms with Crippen LogP contribution in [0, 0.1) is 11.8 Å². The van der Waals surface area contributed by atoms with Crippen molar-refractivity contribution < 1.29 is 9.59 Å². The van der Waals surface area contributed by atoms with Gasteiger partial charge in [-0.3, -0.25) is 9.59 Å². The summed E-state index contributed by atoms with van der Waals surface area (Å²) in [5.41, 5.74) is 10.9. The van der Waals surface area contributed by atoms with Gasteiger partial charge in [0.2, 0.25) is 11.8 Å². The standard InChI is InChI=1S/C11H23N3O2/c1-6(2)5-8(12)11(16)14-9(7(3)4)10(13)15/h6-9H,5,12H2,1-4H3,(H2,13,15)(H,14,16)/t8-,9-/m0/s1. The highest BCUT2D eigenvalue weighted by Gasteiger charge is 2.24. The van der Waals surface area contributed by atoms with Gasteiger partial charge in [-0.05, 0) is 18.3 Å². The molecule has 0 aromatic carbocycles. The van der Waals surface area contributed by atoms with Gasteiger partial charge in [0.15, 0.2) is 0 Å². The van der Waals surface area contributed by atoms with Crippen LogP contribution >= 0.6 is 0 Å². The van der Waals surface area contributed by atoms with Crippen molar-refractivity contribution in [1.82, 2.24) is 5.32 Å². The van der Waals surface area contributed by atoms with Crippen molar-refractivity contribution in [2.75, 3.05) is 0 Å². The monoisotopic (exact) mass is 229 g/mol. The highest BCUT2D eigenvalue weighted by atomic mass is 16.2. The molecule has 0 fully saturated rings. The van der Waals surface area contributed by atoms with Gasteiger partial charge in [-0.2, -0.15) is 0 Å². The van der Waals surface area contributed by atoms with E-state index in [1.165, 1.54) is 0 Å². The minimum Gasteiger partial charge on any atom is -0.368 e. The Hall–Kier alpha value is -1.10. The zero-order chi connectivity index (χ0) is 12.9. The van der Waals surface area contributed by atoms with Gasteiger partial charge in [-0.1, -0.05) is 27.7 Å².